The highest BCUT2D eigenvalue weighted by atomic mass is 16.2. The maximum Gasteiger partial charge on any atom is 0.245 e. The van der Waals surface area contributed by atoms with Crippen LogP contribution < -0.4 is 4.90 Å². The van der Waals surface area contributed by atoms with Gasteiger partial charge in [-0.3, -0.25) is 19.6 Å². The van der Waals surface area contributed by atoms with E-state index in [1.807, 2.05) is 19.1 Å². The number of hydrogen-bond acceptors (Lipinski definition) is 6. The van der Waals surface area contributed by atoms with E-state index in [1.54, 1.807) is 16.0 Å². The van der Waals surface area contributed by atoms with Crippen LogP contribution in [0.1, 0.15) is 17.5 Å². The summed E-state index contributed by atoms with van der Waals surface area (Å²) < 4.78 is 0. The van der Waals surface area contributed by atoms with Gasteiger partial charge in [-0.25, -0.2) is 9.97 Å². The lowest BCUT2D eigenvalue weighted by Gasteiger charge is -2.47. The van der Waals surface area contributed by atoms with Crippen molar-refractivity contribution in [1.29, 1.82) is 5.26 Å². The number of nitrogens with zero attached hydrogens (tertiary/aromatic N) is 6. The lowest BCUT2D eigenvalue weighted by molar-refractivity contribution is -0.138. The molecular formula is C22H19N7O2. The number of fused-ring (bicyclic) bond motifs is 1. The van der Waals surface area contributed by atoms with Crippen LogP contribution in [0.4, 0.5) is 5.82 Å². The second-order valence-corrected chi connectivity index (χ2v) is 8.18. The Balaban J connectivity index is 1.55. The van der Waals surface area contributed by atoms with E-state index in [0.29, 0.717) is 37.6 Å². The summed E-state index contributed by atoms with van der Waals surface area (Å²) in [6.45, 7) is 6.84. The number of carbonyl (C=O) groups excluding carboxylic acids is 2. The van der Waals surface area contributed by atoms with Gasteiger partial charge >= 0.3 is 0 Å². The van der Waals surface area contributed by atoms with E-state index in [2.05, 4.69) is 32.8 Å². The molecule has 2 fully saturated rings. The minimum Gasteiger partial charge on any atom is -0.338 e. The van der Waals surface area contributed by atoms with E-state index in [0.717, 1.165) is 22.0 Å². The molecule has 2 aliphatic rings. The van der Waals surface area contributed by atoms with Crippen LogP contribution in [-0.4, -0.2) is 56.5 Å². The van der Waals surface area contributed by atoms with Crippen LogP contribution in [0.3, 0.4) is 0 Å². The highest BCUT2D eigenvalue weighted by Gasteiger charge is 2.53. The molecule has 9 heteroatoms. The molecule has 9 nitrogen and oxygen atoms in total. The fraction of sp³-hybridized carbons (Fsp3) is 0.273. The van der Waals surface area contributed by atoms with E-state index in [-0.39, 0.29) is 22.8 Å². The summed E-state index contributed by atoms with van der Waals surface area (Å²) in [6, 6.07) is 6.11. The topological polar surface area (TPSA) is 119 Å². The third kappa shape index (κ3) is 2.79. The molecule has 0 saturated carbocycles. The standard InChI is InChI=1S/C22H19N7O2/c1-3-16(30)28-9-22(10-28)6-17(31)29(11-22)21-15(7-23)20(24-12-25-21)18-13(2)4-5-14-8-26-27-19(14)18/h3-5,8,12H,1,6,9-11H2,2H3,(H,26,27). The largest absolute Gasteiger partial charge is 0.338 e. The van der Waals surface area contributed by atoms with Crippen LogP contribution in [0.2, 0.25) is 0 Å². The number of rotatable bonds is 3. The molecule has 0 atom stereocenters. The van der Waals surface area contributed by atoms with Gasteiger partial charge in [0.2, 0.25) is 11.8 Å². The molecule has 1 aromatic carbocycles. The second kappa shape index (κ2) is 6.74. The first-order chi connectivity index (χ1) is 15.0. The third-order valence-electron chi connectivity index (χ3n) is 6.12. The Hall–Kier alpha value is -4.06. The molecule has 31 heavy (non-hydrogen) atoms. The van der Waals surface area contributed by atoms with Crippen molar-refractivity contribution in [3.8, 4) is 17.3 Å². The number of aryl methyl sites for hydroxylation is 1. The quantitative estimate of drug-likeness (QED) is 0.656. The second-order valence-electron chi connectivity index (χ2n) is 8.18. The molecule has 2 aromatic heterocycles. The Morgan fingerprint density at radius 2 is 2.13 bits per heavy atom. The maximum atomic E-state index is 12.9. The van der Waals surface area contributed by atoms with Crippen LogP contribution in [0.25, 0.3) is 22.2 Å². The molecule has 0 bridgehead atoms. The molecule has 0 radical (unpaired) electrons. The highest BCUT2D eigenvalue weighted by Crippen LogP contribution is 2.43. The van der Waals surface area contributed by atoms with Crippen molar-refractivity contribution in [2.45, 2.75) is 13.3 Å². The molecule has 1 N–H and O–H groups in total. The Morgan fingerprint density at radius 1 is 1.32 bits per heavy atom. The molecule has 4 heterocycles. The summed E-state index contributed by atoms with van der Waals surface area (Å²) in [4.78, 5) is 36.7. The van der Waals surface area contributed by atoms with Gasteiger partial charge in [0.05, 0.1) is 17.4 Å². The fourth-order valence-corrected chi connectivity index (χ4v) is 4.64. The van der Waals surface area contributed by atoms with Crippen molar-refractivity contribution in [1.82, 2.24) is 25.1 Å². The fourth-order valence-electron chi connectivity index (χ4n) is 4.64. The number of nitriles is 1. The molecule has 0 unspecified atom stereocenters. The summed E-state index contributed by atoms with van der Waals surface area (Å²) in [7, 11) is 0. The van der Waals surface area contributed by atoms with E-state index in [4.69, 9.17) is 0 Å². The Labute approximate surface area is 178 Å². The number of carbonyl (C=O) groups is 2. The van der Waals surface area contributed by atoms with Gasteiger partial charge in [-0.2, -0.15) is 10.4 Å². The normalized spacial score (nSPS) is 17.1. The predicted octanol–water partition coefficient (Wildman–Crippen LogP) is 1.95. The van der Waals surface area contributed by atoms with Crippen molar-refractivity contribution < 1.29 is 9.59 Å². The smallest absolute Gasteiger partial charge is 0.245 e. The summed E-state index contributed by atoms with van der Waals surface area (Å²) in [5.74, 6) is 0.0591. The van der Waals surface area contributed by atoms with Crippen molar-refractivity contribution in [2.75, 3.05) is 24.5 Å². The zero-order valence-corrected chi connectivity index (χ0v) is 16.9. The number of hydrogen-bond donors (Lipinski definition) is 1. The third-order valence-corrected chi connectivity index (χ3v) is 6.12. The summed E-state index contributed by atoms with van der Waals surface area (Å²) in [5, 5.41) is 18.0. The first-order valence-electron chi connectivity index (χ1n) is 9.86. The predicted molar refractivity (Wildman–Crippen MR) is 113 cm³/mol. The van der Waals surface area contributed by atoms with E-state index in [1.165, 1.54) is 12.4 Å². The number of aromatic amines is 1. The molecule has 3 aromatic rings. The first kappa shape index (κ1) is 18.9. The number of amides is 2. The molecule has 0 aliphatic carbocycles. The Morgan fingerprint density at radius 3 is 2.87 bits per heavy atom. The van der Waals surface area contributed by atoms with E-state index >= 15 is 0 Å². The maximum absolute atomic E-state index is 12.9. The van der Waals surface area contributed by atoms with Crippen LogP contribution in [0, 0.1) is 23.7 Å². The highest BCUT2D eigenvalue weighted by molar-refractivity contribution is 6.00. The van der Waals surface area contributed by atoms with Crippen LogP contribution in [0.15, 0.2) is 37.3 Å². The monoisotopic (exact) mass is 413 g/mol. The van der Waals surface area contributed by atoms with E-state index < -0.39 is 0 Å². The van der Waals surface area contributed by atoms with Crippen molar-refractivity contribution in [3.05, 3.63) is 48.4 Å². The van der Waals surface area contributed by atoms with Crippen LogP contribution >= 0.6 is 0 Å². The van der Waals surface area contributed by atoms with E-state index in [9.17, 15) is 14.9 Å². The van der Waals surface area contributed by atoms with Crippen LogP contribution in [-0.2, 0) is 9.59 Å². The van der Waals surface area contributed by atoms with Gasteiger partial charge in [0.1, 0.15) is 18.0 Å². The van der Waals surface area contributed by atoms with Gasteiger partial charge in [-0.1, -0.05) is 18.7 Å². The summed E-state index contributed by atoms with van der Waals surface area (Å²) >= 11 is 0. The first-order valence-corrected chi connectivity index (χ1v) is 9.86. The number of benzene rings is 1. The number of nitrogens with one attached hydrogen (secondary N) is 1. The zero-order chi connectivity index (χ0) is 21.8. The average molecular weight is 413 g/mol. The summed E-state index contributed by atoms with van der Waals surface area (Å²) in [5.41, 5.74) is 2.88. The minimum absolute atomic E-state index is 0.108. The zero-order valence-electron chi connectivity index (χ0n) is 16.9. The van der Waals surface area contributed by atoms with Gasteiger partial charge in [0.15, 0.2) is 5.82 Å². The van der Waals surface area contributed by atoms with Gasteiger partial charge in [0, 0.05) is 42.4 Å². The number of anilines is 1. The minimum atomic E-state index is -0.313. The molecular weight excluding hydrogens is 394 g/mol. The molecule has 2 aliphatic heterocycles. The van der Waals surface area contributed by atoms with Gasteiger partial charge in [-0.15, -0.1) is 0 Å². The molecule has 5 rings (SSSR count). The molecule has 1 spiro atoms. The molecule has 154 valence electrons. The molecule has 2 amide bonds. The van der Waals surface area contributed by atoms with Crippen molar-refractivity contribution in [3.63, 3.8) is 0 Å². The summed E-state index contributed by atoms with van der Waals surface area (Å²) in [6.07, 6.45) is 4.69. The van der Waals surface area contributed by atoms with Crippen molar-refractivity contribution >= 4 is 28.5 Å². The molecule has 2 saturated heterocycles. The number of likely N-dealkylation sites (tertiary alicyclic amines) is 1. The number of H-pyrrole nitrogens is 1. The number of aromatic nitrogens is 4. The average Bonchev–Trinajstić information content (AvgIpc) is 3.36. The lowest BCUT2D eigenvalue weighted by Crippen LogP contribution is -2.59. The SMILES string of the molecule is C=CC(=O)N1CC2(CC(=O)N(c3ncnc(-c4c(C)ccc5cn[nH]c45)c3C#N)C2)C1. The lowest BCUT2D eigenvalue weighted by atomic mass is 9.79. The Kier molecular flexibility index (Phi) is 4.12. The van der Waals surface area contributed by atoms with Gasteiger partial charge < -0.3 is 4.90 Å². The van der Waals surface area contributed by atoms with Crippen LogP contribution in [0.5, 0.6) is 0 Å². The van der Waals surface area contributed by atoms with Gasteiger partial charge in [-0.05, 0) is 18.6 Å². The Bertz CT molecular complexity index is 1300. The van der Waals surface area contributed by atoms with Crippen molar-refractivity contribution in [2.24, 2.45) is 5.41 Å². The van der Waals surface area contributed by atoms with Gasteiger partial charge in [0.25, 0.3) is 0 Å².